The number of pyridine rings is 1. The molecule has 6 nitrogen and oxygen atoms in total. The Morgan fingerprint density at radius 3 is 3.04 bits per heavy atom. The predicted octanol–water partition coefficient (Wildman–Crippen LogP) is 3.22. The third-order valence-corrected chi connectivity index (χ3v) is 5.72. The number of hydrogen-bond acceptors (Lipinski definition) is 4. The first-order valence-electron chi connectivity index (χ1n) is 7.05. The van der Waals surface area contributed by atoms with Gasteiger partial charge in [0.1, 0.15) is 16.1 Å². The van der Waals surface area contributed by atoms with E-state index in [1.807, 2.05) is 0 Å². The number of fused-ring (bicyclic) bond motifs is 2. The fourth-order valence-electron chi connectivity index (χ4n) is 2.61. The molecule has 0 fully saturated rings. The van der Waals surface area contributed by atoms with Gasteiger partial charge in [0.15, 0.2) is 0 Å². The number of amides is 2. The summed E-state index contributed by atoms with van der Waals surface area (Å²) in [5, 5.41) is 5.85. The van der Waals surface area contributed by atoms with Gasteiger partial charge in [0, 0.05) is 12.6 Å². The van der Waals surface area contributed by atoms with Crippen LogP contribution in [0.15, 0.2) is 24.4 Å². The summed E-state index contributed by atoms with van der Waals surface area (Å²) in [5.74, 6) is -0.650. The number of anilines is 1. The zero-order valence-electron chi connectivity index (χ0n) is 12.0. The molecule has 3 N–H and O–H groups in total. The van der Waals surface area contributed by atoms with Gasteiger partial charge in [-0.3, -0.25) is 14.6 Å². The van der Waals surface area contributed by atoms with E-state index >= 15 is 0 Å². The van der Waals surface area contributed by atoms with E-state index in [1.54, 1.807) is 24.4 Å². The van der Waals surface area contributed by atoms with Crippen molar-refractivity contribution in [2.24, 2.45) is 0 Å². The summed E-state index contributed by atoms with van der Waals surface area (Å²) in [6.45, 7) is 0. The maximum Gasteiger partial charge on any atom is 0.268 e. The van der Waals surface area contributed by atoms with Crippen LogP contribution in [0.2, 0.25) is 9.36 Å². The van der Waals surface area contributed by atoms with Gasteiger partial charge < -0.3 is 15.6 Å². The van der Waals surface area contributed by atoms with Gasteiger partial charge in [0.2, 0.25) is 5.91 Å². The van der Waals surface area contributed by atoms with Gasteiger partial charge in [-0.15, -0.1) is 11.3 Å². The van der Waals surface area contributed by atoms with Crippen LogP contribution in [0.3, 0.4) is 0 Å². The monoisotopic (exact) mass is 380 g/mol. The summed E-state index contributed by atoms with van der Waals surface area (Å²) in [7, 11) is 0. The van der Waals surface area contributed by atoms with E-state index in [0.717, 1.165) is 10.4 Å². The lowest BCUT2D eigenvalue weighted by atomic mass is 10.0. The Morgan fingerprint density at radius 2 is 2.25 bits per heavy atom. The van der Waals surface area contributed by atoms with Crippen LogP contribution in [-0.4, -0.2) is 27.8 Å². The van der Waals surface area contributed by atoms with E-state index < -0.39 is 6.04 Å². The molecule has 3 aromatic rings. The highest BCUT2D eigenvalue weighted by Crippen LogP contribution is 2.38. The van der Waals surface area contributed by atoms with E-state index in [2.05, 4.69) is 20.6 Å². The van der Waals surface area contributed by atoms with Gasteiger partial charge in [-0.25, -0.2) is 0 Å². The van der Waals surface area contributed by atoms with Crippen LogP contribution in [0.5, 0.6) is 0 Å². The lowest BCUT2D eigenvalue weighted by Crippen LogP contribution is -2.47. The molecule has 0 aliphatic carbocycles. The van der Waals surface area contributed by atoms with Crippen molar-refractivity contribution in [1.82, 2.24) is 15.3 Å². The molecular formula is C15H10Cl2N4O2S. The number of aromatic nitrogens is 2. The number of H-pyrrole nitrogens is 1. The number of carbonyl (C=O) groups is 2. The van der Waals surface area contributed by atoms with Gasteiger partial charge in [0.25, 0.3) is 5.91 Å². The van der Waals surface area contributed by atoms with Gasteiger partial charge in [-0.1, -0.05) is 23.2 Å². The van der Waals surface area contributed by atoms with Crippen molar-refractivity contribution in [3.05, 3.63) is 45.1 Å². The normalized spacial score (nSPS) is 16.8. The summed E-state index contributed by atoms with van der Waals surface area (Å²) in [6, 6.07) is 4.52. The van der Waals surface area contributed by atoms with Crippen molar-refractivity contribution >= 4 is 62.3 Å². The van der Waals surface area contributed by atoms with Crippen molar-refractivity contribution in [2.45, 2.75) is 12.5 Å². The van der Waals surface area contributed by atoms with Crippen molar-refractivity contribution in [3.63, 3.8) is 0 Å². The molecule has 3 aromatic heterocycles. The summed E-state index contributed by atoms with van der Waals surface area (Å²) in [5.41, 5.74) is 2.37. The Morgan fingerprint density at radius 1 is 1.42 bits per heavy atom. The topological polar surface area (TPSA) is 86.9 Å². The standard InChI is InChI=1S/C15H10Cl2N4O2S/c16-11-12-10(24-13(11)17)5-9(19-12)15(23)21-8-4-7-6(20-14(8)22)2-1-3-18-7/h1-3,5,8,19H,4H2,(H,20,22)(H,21,23)/t8-/m1/s1. The third-order valence-electron chi connectivity index (χ3n) is 3.79. The summed E-state index contributed by atoms with van der Waals surface area (Å²) in [4.78, 5) is 31.7. The third kappa shape index (κ3) is 2.54. The van der Waals surface area contributed by atoms with Crippen molar-refractivity contribution < 1.29 is 9.59 Å². The molecule has 1 aliphatic rings. The number of aromatic amines is 1. The summed E-state index contributed by atoms with van der Waals surface area (Å²) in [6.07, 6.45) is 2.00. The van der Waals surface area contributed by atoms with Crippen LogP contribution >= 0.6 is 34.5 Å². The first kappa shape index (κ1) is 15.4. The highest BCUT2D eigenvalue weighted by molar-refractivity contribution is 7.23. The van der Waals surface area contributed by atoms with E-state index in [-0.39, 0.29) is 11.8 Å². The van der Waals surface area contributed by atoms with E-state index in [4.69, 9.17) is 23.2 Å². The number of nitrogens with one attached hydrogen (secondary N) is 3. The highest BCUT2D eigenvalue weighted by atomic mass is 35.5. The van der Waals surface area contributed by atoms with Crippen LogP contribution < -0.4 is 10.6 Å². The lowest BCUT2D eigenvalue weighted by molar-refractivity contribution is -0.118. The molecule has 1 aliphatic heterocycles. The SMILES string of the molecule is O=C(N[C@@H]1Cc2ncccc2NC1=O)c1cc2sc(Cl)c(Cl)c2[nH]1. The van der Waals surface area contributed by atoms with Gasteiger partial charge in [-0.05, 0) is 18.2 Å². The summed E-state index contributed by atoms with van der Waals surface area (Å²) < 4.78 is 1.26. The minimum Gasteiger partial charge on any atom is -0.349 e. The minimum absolute atomic E-state index is 0.265. The molecule has 0 unspecified atom stereocenters. The number of carbonyl (C=O) groups excluding carboxylic acids is 2. The molecule has 0 aromatic carbocycles. The molecule has 24 heavy (non-hydrogen) atoms. The second kappa shape index (κ2) is 5.77. The van der Waals surface area contributed by atoms with Gasteiger partial charge in [-0.2, -0.15) is 0 Å². The second-order valence-electron chi connectivity index (χ2n) is 5.33. The largest absolute Gasteiger partial charge is 0.349 e. The van der Waals surface area contributed by atoms with Gasteiger partial charge in [0.05, 0.1) is 26.6 Å². The smallest absolute Gasteiger partial charge is 0.268 e. The number of thiophene rings is 1. The number of nitrogens with zero attached hydrogens (tertiary/aromatic N) is 1. The summed E-state index contributed by atoms with van der Waals surface area (Å²) >= 11 is 13.3. The average molecular weight is 381 g/mol. The molecular weight excluding hydrogens is 371 g/mol. The molecule has 0 saturated carbocycles. The van der Waals surface area contributed by atoms with Crippen LogP contribution in [-0.2, 0) is 11.2 Å². The second-order valence-corrected chi connectivity index (χ2v) is 7.36. The molecule has 4 heterocycles. The van der Waals surface area contributed by atoms with E-state index in [9.17, 15) is 9.59 Å². The molecule has 0 spiro atoms. The van der Waals surface area contributed by atoms with Gasteiger partial charge >= 0.3 is 0 Å². The lowest BCUT2D eigenvalue weighted by Gasteiger charge is -2.24. The molecule has 0 saturated heterocycles. The molecule has 0 radical (unpaired) electrons. The fraction of sp³-hybridized carbons (Fsp3) is 0.133. The Labute approximate surface area is 150 Å². The number of rotatable bonds is 2. The molecule has 0 bridgehead atoms. The van der Waals surface area contributed by atoms with Crippen LogP contribution in [0.25, 0.3) is 10.2 Å². The zero-order chi connectivity index (χ0) is 16.8. The Kier molecular flexibility index (Phi) is 3.71. The number of hydrogen-bond donors (Lipinski definition) is 3. The van der Waals surface area contributed by atoms with E-state index in [0.29, 0.717) is 32.7 Å². The van der Waals surface area contributed by atoms with Crippen molar-refractivity contribution in [1.29, 1.82) is 0 Å². The Hall–Kier alpha value is -2.09. The molecule has 2 amide bonds. The maximum atomic E-state index is 12.4. The van der Waals surface area contributed by atoms with Crippen molar-refractivity contribution in [2.75, 3.05) is 5.32 Å². The quantitative estimate of drug-likeness (QED) is 0.637. The van der Waals surface area contributed by atoms with Crippen LogP contribution in [0, 0.1) is 0 Å². The van der Waals surface area contributed by atoms with Crippen LogP contribution in [0.1, 0.15) is 16.2 Å². The highest BCUT2D eigenvalue weighted by Gasteiger charge is 2.29. The minimum atomic E-state index is -0.680. The fourth-order valence-corrected chi connectivity index (χ4v) is 4.10. The first-order valence-corrected chi connectivity index (χ1v) is 8.62. The van der Waals surface area contributed by atoms with Crippen LogP contribution in [0.4, 0.5) is 5.69 Å². The molecule has 9 heteroatoms. The zero-order valence-corrected chi connectivity index (χ0v) is 14.4. The maximum absolute atomic E-state index is 12.4. The Balaban J connectivity index is 1.56. The molecule has 122 valence electrons. The molecule has 4 rings (SSSR count). The van der Waals surface area contributed by atoms with Crippen molar-refractivity contribution in [3.8, 4) is 0 Å². The molecule has 1 atom stereocenters. The first-order chi connectivity index (χ1) is 11.5. The average Bonchev–Trinajstić information content (AvgIpc) is 3.08. The Bertz CT molecular complexity index is 981. The number of halogens is 2. The van der Waals surface area contributed by atoms with E-state index in [1.165, 1.54) is 11.3 Å². The predicted molar refractivity (Wildman–Crippen MR) is 94.0 cm³/mol.